The van der Waals surface area contributed by atoms with Crippen LogP contribution in [0.15, 0.2) is 40.3 Å². The molecule has 1 aromatic carbocycles. The number of aromatic hydroxyl groups is 1. The zero-order valence-electron chi connectivity index (χ0n) is 19.2. The molecule has 0 bridgehead atoms. The van der Waals surface area contributed by atoms with Gasteiger partial charge in [-0.1, -0.05) is 82.8 Å². The van der Waals surface area contributed by atoms with Crippen molar-refractivity contribution in [3.63, 3.8) is 0 Å². The van der Waals surface area contributed by atoms with Gasteiger partial charge < -0.3 is 10.0 Å². The first kappa shape index (κ1) is 27.5. The fraction of sp³-hybridized carbons (Fsp3) is 0.583. The van der Waals surface area contributed by atoms with Crippen LogP contribution in [0, 0.1) is 0 Å². The Balaban J connectivity index is 0.00000480. The molecule has 0 fully saturated rings. The fourth-order valence-corrected chi connectivity index (χ4v) is 4.53. The van der Waals surface area contributed by atoms with E-state index in [4.69, 9.17) is 0 Å². The van der Waals surface area contributed by atoms with E-state index in [2.05, 4.69) is 30.7 Å². The predicted octanol–water partition coefficient (Wildman–Crippen LogP) is 5.70. The van der Waals surface area contributed by atoms with Crippen molar-refractivity contribution in [3.05, 3.63) is 46.2 Å². The molecule has 0 saturated carbocycles. The molecule has 2 rings (SSSR count). The van der Waals surface area contributed by atoms with Crippen LogP contribution in [0.1, 0.15) is 64.9 Å². The van der Waals surface area contributed by atoms with E-state index in [-0.39, 0.29) is 23.8 Å². The van der Waals surface area contributed by atoms with Gasteiger partial charge in [-0.25, -0.2) is 0 Å². The van der Waals surface area contributed by atoms with Gasteiger partial charge >= 0.3 is 0 Å². The number of thioether (sulfide) groups is 1. The smallest absolute Gasteiger partial charge is 0.265 e. The van der Waals surface area contributed by atoms with Gasteiger partial charge in [0.2, 0.25) is 5.88 Å². The highest BCUT2D eigenvalue weighted by Gasteiger charge is 2.18. The van der Waals surface area contributed by atoms with Gasteiger partial charge in [-0.3, -0.25) is 9.36 Å². The Kier molecular flexibility index (Phi) is 13.6. The number of para-hydroxylation sites is 1. The van der Waals surface area contributed by atoms with E-state index in [0.29, 0.717) is 17.1 Å². The Morgan fingerprint density at radius 1 is 1.00 bits per heavy atom. The summed E-state index contributed by atoms with van der Waals surface area (Å²) in [4.78, 5) is 20.1. The SMILES string of the molecule is CCCCCCCCc1c(O)nc(SCCN(CC)CC)n(-c2ccccc2)c1=O.Cl. The lowest BCUT2D eigenvalue weighted by Crippen LogP contribution is -2.27. The van der Waals surface area contributed by atoms with Gasteiger partial charge in [0.15, 0.2) is 5.16 Å². The molecule has 5 nitrogen and oxygen atoms in total. The lowest BCUT2D eigenvalue weighted by Gasteiger charge is -2.18. The van der Waals surface area contributed by atoms with E-state index in [9.17, 15) is 9.90 Å². The van der Waals surface area contributed by atoms with Crippen LogP contribution in [-0.2, 0) is 6.42 Å². The molecule has 0 aliphatic heterocycles. The zero-order chi connectivity index (χ0) is 21.8. The van der Waals surface area contributed by atoms with Gasteiger partial charge in [-0.15, -0.1) is 12.4 Å². The Morgan fingerprint density at radius 2 is 1.65 bits per heavy atom. The van der Waals surface area contributed by atoms with E-state index in [1.807, 2.05) is 30.3 Å². The highest BCUT2D eigenvalue weighted by Crippen LogP contribution is 2.23. The summed E-state index contributed by atoms with van der Waals surface area (Å²) in [7, 11) is 0. The molecule has 1 aromatic heterocycles. The van der Waals surface area contributed by atoms with Crippen molar-refractivity contribution in [1.29, 1.82) is 0 Å². The third-order valence-electron chi connectivity index (χ3n) is 5.45. The van der Waals surface area contributed by atoms with Crippen molar-refractivity contribution in [2.45, 2.75) is 70.9 Å². The number of benzene rings is 1. The van der Waals surface area contributed by atoms with Crippen LogP contribution < -0.4 is 5.56 Å². The second-order valence-corrected chi connectivity index (χ2v) is 8.63. The van der Waals surface area contributed by atoms with E-state index in [1.54, 1.807) is 4.57 Å². The maximum atomic E-state index is 13.3. The van der Waals surface area contributed by atoms with Crippen molar-refractivity contribution in [2.75, 3.05) is 25.4 Å². The molecular weight excluding hydrogens is 430 g/mol. The number of hydrogen-bond donors (Lipinski definition) is 1. The zero-order valence-corrected chi connectivity index (χ0v) is 20.8. The van der Waals surface area contributed by atoms with Crippen LogP contribution >= 0.6 is 24.2 Å². The van der Waals surface area contributed by atoms with Crippen molar-refractivity contribution >= 4 is 24.2 Å². The molecule has 7 heteroatoms. The highest BCUT2D eigenvalue weighted by molar-refractivity contribution is 7.99. The van der Waals surface area contributed by atoms with Crippen molar-refractivity contribution in [1.82, 2.24) is 14.5 Å². The summed E-state index contributed by atoms with van der Waals surface area (Å²) in [5, 5.41) is 11.1. The summed E-state index contributed by atoms with van der Waals surface area (Å²) in [6.45, 7) is 9.42. The van der Waals surface area contributed by atoms with Crippen molar-refractivity contribution < 1.29 is 5.11 Å². The average Bonchev–Trinajstić information content (AvgIpc) is 2.76. The van der Waals surface area contributed by atoms with Gasteiger partial charge in [0, 0.05) is 12.3 Å². The van der Waals surface area contributed by atoms with Gasteiger partial charge in [-0.05, 0) is 38.1 Å². The second-order valence-electron chi connectivity index (χ2n) is 7.57. The molecular formula is C24H38ClN3O2S. The van der Waals surface area contributed by atoms with Crippen LogP contribution in [0.3, 0.4) is 0 Å². The van der Waals surface area contributed by atoms with Crippen LogP contribution in [0.4, 0.5) is 0 Å². The van der Waals surface area contributed by atoms with Crippen LogP contribution in [0.5, 0.6) is 5.88 Å². The first-order valence-electron chi connectivity index (χ1n) is 11.4. The summed E-state index contributed by atoms with van der Waals surface area (Å²) in [5.74, 6) is 0.711. The quantitative estimate of drug-likeness (QED) is 0.219. The van der Waals surface area contributed by atoms with Crippen LogP contribution in [0.25, 0.3) is 5.69 Å². The maximum absolute atomic E-state index is 13.3. The standard InChI is InChI=1S/C24H37N3O2S.ClH/c1-4-7-8-9-10-14-17-21-22(28)25-24(30-19-18-26(5-2)6-3)27(23(21)29)20-15-12-11-13-16-20;/h11-13,15-16,28H,4-10,14,17-19H2,1-3H3;1H. The highest BCUT2D eigenvalue weighted by atomic mass is 35.5. The minimum absolute atomic E-state index is 0. The van der Waals surface area contributed by atoms with Gasteiger partial charge in [0.1, 0.15) is 0 Å². The fourth-order valence-electron chi connectivity index (χ4n) is 3.53. The van der Waals surface area contributed by atoms with Crippen molar-refractivity contribution in [3.8, 4) is 11.6 Å². The molecule has 2 aromatic rings. The van der Waals surface area contributed by atoms with Crippen LogP contribution in [-0.4, -0.2) is 44.9 Å². The molecule has 1 heterocycles. The summed E-state index contributed by atoms with van der Waals surface area (Å²) in [6, 6.07) is 9.62. The molecule has 0 radical (unpaired) electrons. The van der Waals surface area contributed by atoms with E-state index < -0.39 is 0 Å². The van der Waals surface area contributed by atoms with E-state index >= 15 is 0 Å². The first-order valence-corrected chi connectivity index (χ1v) is 12.4. The molecule has 1 N–H and O–H groups in total. The number of halogens is 1. The summed E-state index contributed by atoms with van der Waals surface area (Å²) >= 11 is 1.53. The molecule has 0 spiro atoms. The molecule has 31 heavy (non-hydrogen) atoms. The monoisotopic (exact) mass is 467 g/mol. The number of unbranched alkanes of at least 4 members (excludes halogenated alkanes) is 5. The normalized spacial score (nSPS) is 11.0. The van der Waals surface area contributed by atoms with E-state index in [0.717, 1.165) is 43.9 Å². The number of rotatable bonds is 14. The predicted molar refractivity (Wildman–Crippen MR) is 134 cm³/mol. The molecule has 0 saturated heterocycles. The summed E-state index contributed by atoms with van der Waals surface area (Å²) in [5.41, 5.74) is 1.08. The number of hydrogen-bond acceptors (Lipinski definition) is 5. The maximum Gasteiger partial charge on any atom is 0.265 e. The van der Waals surface area contributed by atoms with Gasteiger partial charge in [0.05, 0.1) is 11.3 Å². The lowest BCUT2D eigenvalue weighted by atomic mass is 10.1. The number of nitrogens with zero attached hydrogens (tertiary/aromatic N) is 3. The Hall–Kier alpha value is -1.50. The molecule has 174 valence electrons. The Morgan fingerprint density at radius 3 is 2.29 bits per heavy atom. The first-order chi connectivity index (χ1) is 14.6. The average molecular weight is 468 g/mol. The van der Waals surface area contributed by atoms with Crippen LogP contribution in [0.2, 0.25) is 0 Å². The Labute approximate surface area is 197 Å². The van der Waals surface area contributed by atoms with Crippen molar-refractivity contribution in [2.24, 2.45) is 0 Å². The second kappa shape index (κ2) is 15.3. The third kappa shape index (κ3) is 8.51. The largest absolute Gasteiger partial charge is 0.493 e. The van der Waals surface area contributed by atoms with Gasteiger partial charge in [0.25, 0.3) is 5.56 Å². The molecule has 0 aliphatic rings. The van der Waals surface area contributed by atoms with E-state index in [1.165, 1.54) is 37.4 Å². The molecule has 0 atom stereocenters. The topological polar surface area (TPSA) is 58.4 Å². The summed E-state index contributed by atoms with van der Waals surface area (Å²) in [6.07, 6.45) is 7.43. The van der Waals surface area contributed by atoms with Gasteiger partial charge in [-0.2, -0.15) is 4.98 Å². The minimum atomic E-state index is -0.146. The number of aromatic nitrogens is 2. The lowest BCUT2D eigenvalue weighted by molar-refractivity contribution is 0.323. The molecule has 0 aliphatic carbocycles. The molecule has 0 amide bonds. The Bertz CT molecular complexity index is 810. The third-order valence-corrected chi connectivity index (χ3v) is 6.37. The minimum Gasteiger partial charge on any atom is -0.493 e. The summed E-state index contributed by atoms with van der Waals surface area (Å²) < 4.78 is 1.67. The molecule has 0 unspecified atom stereocenters.